The third kappa shape index (κ3) is 3.90. The number of benzene rings is 4. The fraction of sp³-hybridized carbons (Fsp3) is 0.0968. The summed E-state index contributed by atoms with van der Waals surface area (Å²) < 4.78 is 0. The average molecular weight is 399 g/mol. The van der Waals surface area contributed by atoms with Gasteiger partial charge in [0, 0.05) is 11.3 Å². The molecule has 0 aliphatic heterocycles. The molecule has 0 aromatic heterocycles. The van der Waals surface area contributed by atoms with Gasteiger partial charge in [-0.1, -0.05) is 140 Å². The van der Waals surface area contributed by atoms with Gasteiger partial charge in [-0.3, -0.25) is 0 Å². The molecule has 0 heteroatoms. The second-order valence-corrected chi connectivity index (χ2v) is 8.27. The summed E-state index contributed by atoms with van der Waals surface area (Å²) >= 11 is 0. The molecular weight excluding hydrogens is 372 g/mol. The van der Waals surface area contributed by atoms with E-state index in [1.54, 1.807) is 0 Å². The van der Waals surface area contributed by atoms with Gasteiger partial charge >= 0.3 is 0 Å². The van der Waals surface area contributed by atoms with Crippen LogP contribution in [0.2, 0.25) is 0 Å². The summed E-state index contributed by atoms with van der Waals surface area (Å²) in [6.45, 7) is 0. The van der Waals surface area contributed by atoms with Crippen molar-refractivity contribution >= 4 is 11.6 Å². The molecule has 0 bridgehead atoms. The van der Waals surface area contributed by atoms with E-state index in [0.29, 0.717) is 0 Å². The average Bonchev–Trinajstić information content (AvgIpc) is 3.26. The van der Waals surface area contributed by atoms with Gasteiger partial charge in [-0.2, -0.15) is 0 Å². The molecule has 0 heterocycles. The molecule has 4 aromatic carbocycles. The molecule has 0 N–H and O–H groups in total. The Morgan fingerprint density at radius 3 is 1.81 bits per heavy atom. The molecule has 1 aliphatic rings. The zero-order valence-corrected chi connectivity index (χ0v) is 17.6. The van der Waals surface area contributed by atoms with E-state index in [0.717, 1.165) is 6.42 Å². The van der Waals surface area contributed by atoms with Crippen molar-refractivity contribution in [1.82, 2.24) is 0 Å². The van der Waals surface area contributed by atoms with Crippen LogP contribution in [0.15, 0.2) is 133 Å². The second-order valence-electron chi connectivity index (χ2n) is 8.27. The van der Waals surface area contributed by atoms with Crippen molar-refractivity contribution in [1.29, 1.82) is 0 Å². The third-order valence-corrected chi connectivity index (χ3v) is 6.39. The van der Waals surface area contributed by atoms with Gasteiger partial charge in [0.15, 0.2) is 0 Å². The van der Waals surface area contributed by atoms with Crippen molar-refractivity contribution in [2.75, 3.05) is 0 Å². The summed E-state index contributed by atoms with van der Waals surface area (Å²) in [4.78, 5) is 0. The Morgan fingerprint density at radius 2 is 1.16 bits per heavy atom. The number of allylic oxidation sites excluding steroid dienone is 3. The van der Waals surface area contributed by atoms with Crippen LogP contribution in [-0.2, 0) is 5.41 Å². The Balaban J connectivity index is 1.68. The Morgan fingerprint density at radius 1 is 0.613 bits per heavy atom. The summed E-state index contributed by atoms with van der Waals surface area (Å²) in [6, 6.07) is 43.4. The number of hydrogen-bond acceptors (Lipinski definition) is 0. The summed E-state index contributed by atoms with van der Waals surface area (Å²) in [7, 11) is 0. The van der Waals surface area contributed by atoms with Crippen LogP contribution in [0.25, 0.3) is 11.6 Å². The van der Waals surface area contributed by atoms with E-state index in [-0.39, 0.29) is 11.3 Å². The number of rotatable bonds is 5. The molecule has 0 amide bonds. The van der Waals surface area contributed by atoms with Gasteiger partial charge in [0.25, 0.3) is 0 Å². The van der Waals surface area contributed by atoms with Crippen molar-refractivity contribution < 1.29 is 0 Å². The van der Waals surface area contributed by atoms with E-state index in [1.807, 2.05) is 0 Å². The molecule has 0 radical (unpaired) electrons. The predicted molar refractivity (Wildman–Crippen MR) is 132 cm³/mol. The predicted octanol–water partition coefficient (Wildman–Crippen LogP) is 7.91. The van der Waals surface area contributed by atoms with Crippen LogP contribution in [0.3, 0.4) is 0 Å². The Hall–Kier alpha value is -3.64. The highest BCUT2D eigenvalue weighted by atomic mass is 14.5. The van der Waals surface area contributed by atoms with E-state index in [9.17, 15) is 0 Å². The van der Waals surface area contributed by atoms with Gasteiger partial charge in [0.1, 0.15) is 0 Å². The van der Waals surface area contributed by atoms with Crippen LogP contribution in [0.4, 0.5) is 0 Å². The molecule has 0 nitrogen and oxygen atoms in total. The van der Waals surface area contributed by atoms with E-state index in [4.69, 9.17) is 0 Å². The highest BCUT2D eigenvalue weighted by molar-refractivity contribution is 5.74. The smallest absolute Gasteiger partial charge is 0.0279 e. The van der Waals surface area contributed by atoms with Crippen molar-refractivity contribution in [3.8, 4) is 0 Å². The second kappa shape index (κ2) is 8.62. The Labute approximate surface area is 185 Å². The first-order valence-electron chi connectivity index (χ1n) is 11.0. The Kier molecular flexibility index (Phi) is 5.37. The van der Waals surface area contributed by atoms with Crippen molar-refractivity contribution in [2.24, 2.45) is 0 Å². The van der Waals surface area contributed by atoms with Gasteiger partial charge in [0.05, 0.1) is 0 Å². The zero-order valence-electron chi connectivity index (χ0n) is 17.6. The Bertz CT molecular complexity index is 1170. The maximum atomic E-state index is 2.49. The minimum atomic E-state index is -0.135. The van der Waals surface area contributed by atoms with E-state index in [1.165, 1.54) is 27.8 Å². The first kappa shape index (κ1) is 19.3. The standard InChI is InChI=1S/C31H26/c1-5-13-25(14-6-1)21-22-31(29-19-11-4-12-20-29)24-28(26-15-7-2-8-16-26)23-30(31)27-17-9-3-10-18-27/h1-23,30H,24H2/b22-21+/t30-,31+/m1/s1. The maximum Gasteiger partial charge on any atom is 0.0279 e. The molecule has 4 aromatic rings. The molecule has 0 saturated heterocycles. The molecule has 31 heavy (non-hydrogen) atoms. The van der Waals surface area contributed by atoms with Crippen molar-refractivity contribution in [3.05, 3.63) is 156 Å². The summed E-state index contributed by atoms with van der Waals surface area (Å²) in [6.07, 6.45) is 8.21. The molecule has 0 unspecified atom stereocenters. The number of hydrogen-bond donors (Lipinski definition) is 0. The molecule has 2 atom stereocenters. The first-order chi connectivity index (χ1) is 15.4. The van der Waals surface area contributed by atoms with Crippen molar-refractivity contribution in [3.63, 3.8) is 0 Å². The van der Waals surface area contributed by atoms with E-state index in [2.05, 4.69) is 140 Å². The molecular formula is C31H26. The summed E-state index contributed by atoms with van der Waals surface area (Å²) in [5.74, 6) is 0.270. The van der Waals surface area contributed by atoms with Gasteiger partial charge in [0.2, 0.25) is 0 Å². The minimum absolute atomic E-state index is 0.135. The van der Waals surface area contributed by atoms with Crippen LogP contribution in [0.1, 0.15) is 34.6 Å². The lowest BCUT2D eigenvalue weighted by Crippen LogP contribution is -2.27. The molecule has 0 saturated carbocycles. The first-order valence-corrected chi connectivity index (χ1v) is 11.0. The monoisotopic (exact) mass is 398 g/mol. The largest absolute Gasteiger partial charge is 0.0721 e. The normalized spacial score (nSPS) is 20.6. The van der Waals surface area contributed by atoms with Crippen LogP contribution in [-0.4, -0.2) is 0 Å². The van der Waals surface area contributed by atoms with Crippen LogP contribution >= 0.6 is 0 Å². The zero-order chi connectivity index (χ0) is 20.9. The molecule has 5 rings (SSSR count). The van der Waals surface area contributed by atoms with Crippen LogP contribution < -0.4 is 0 Å². The molecule has 0 fully saturated rings. The van der Waals surface area contributed by atoms with Crippen molar-refractivity contribution in [2.45, 2.75) is 17.8 Å². The molecule has 0 spiro atoms. The lowest BCUT2D eigenvalue weighted by atomic mass is 9.68. The van der Waals surface area contributed by atoms with Gasteiger partial charge in [-0.15, -0.1) is 0 Å². The highest BCUT2D eigenvalue weighted by Gasteiger charge is 2.43. The molecule has 1 aliphatic carbocycles. The highest BCUT2D eigenvalue weighted by Crippen LogP contribution is 2.53. The topological polar surface area (TPSA) is 0 Å². The third-order valence-electron chi connectivity index (χ3n) is 6.39. The van der Waals surface area contributed by atoms with Gasteiger partial charge in [-0.25, -0.2) is 0 Å². The fourth-order valence-corrected chi connectivity index (χ4v) is 4.84. The lowest BCUT2D eigenvalue weighted by Gasteiger charge is -2.34. The van der Waals surface area contributed by atoms with E-state index < -0.39 is 0 Å². The lowest BCUT2D eigenvalue weighted by molar-refractivity contribution is 0.521. The maximum absolute atomic E-state index is 2.49. The van der Waals surface area contributed by atoms with Crippen LogP contribution in [0, 0.1) is 0 Å². The fourth-order valence-electron chi connectivity index (χ4n) is 4.84. The molecule has 150 valence electrons. The minimum Gasteiger partial charge on any atom is -0.0721 e. The van der Waals surface area contributed by atoms with Crippen LogP contribution in [0.5, 0.6) is 0 Å². The van der Waals surface area contributed by atoms with Gasteiger partial charge < -0.3 is 0 Å². The quantitative estimate of drug-likeness (QED) is 0.320. The SMILES string of the molecule is C1=C(c2ccccc2)C[C@@](/C=C/c2ccccc2)(c2ccccc2)[C@H]1c1ccccc1. The summed E-state index contributed by atoms with van der Waals surface area (Å²) in [5, 5.41) is 0. The summed E-state index contributed by atoms with van der Waals surface area (Å²) in [5.41, 5.74) is 6.54. The van der Waals surface area contributed by atoms with E-state index >= 15 is 0 Å². The van der Waals surface area contributed by atoms with Gasteiger partial charge in [-0.05, 0) is 34.2 Å².